The summed E-state index contributed by atoms with van der Waals surface area (Å²) < 4.78 is 39.3. The molecule has 0 saturated carbocycles. The molecule has 0 spiro atoms. The molecule has 6 heteroatoms. The first-order valence-corrected chi connectivity index (χ1v) is 6.45. The van der Waals surface area contributed by atoms with Gasteiger partial charge >= 0.3 is 0 Å². The average molecular weight is 287 g/mol. The number of nitrogens with zero attached hydrogens (tertiary/aromatic N) is 1. The molecule has 1 unspecified atom stereocenters. The van der Waals surface area contributed by atoms with E-state index in [1.165, 1.54) is 11.3 Å². The van der Waals surface area contributed by atoms with Gasteiger partial charge in [0.15, 0.2) is 11.6 Å². The highest BCUT2D eigenvalue weighted by Gasteiger charge is 2.19. The van der Waals surface area contributed by atoms with Crippen molar-refractivity contribution < 1.29 is 18.3 Å². The molecule has 0 aliphatic rings. The summed E-state index contributed by atoms with van der Waals surface area (Å²) in [5, 5.41) is 10.5. The molecule has 19 heavy (non-hydrogen) atoms. The van der Waals surface area contributed by atoms with Crippen LogP contribution in [0.5, 0.6) is 0 Å². The molecule has 0 saturated heterocycles. The lowest BCUT2D eigenvalue weighted by Crippen LogP contribution is -2.06. The molecule has 2 aromatic rings. The van der Waals surface area contributed by atoms with E-state index in [-0.39, 0.29) is 12.0 Å². The van der Waals surface area contributed by atoms with E-state index in [4.69, 9.17) is 0 Å². The summed E-state index contributed by atoms with van der Waals surface area (Å²) in [5.74, 6) is -3.41. The van der Waals surface area contributed by atoms with Crippen LogP contribution in [0.1, 0.15) is 27.2 Å². The number of hydrogen-bond donors (Lipinski definition) is 1. The van der Waals surface area contributed by atoms with Gasteiger partial charge in [-0.1, -0.05) is 0 Å². The van der Waals surface area contributed by atoms with Crippen LogP contribution in [0.25, 0.3) is 0 Å². The van der Waals surface area contributed by atoms with Gasteiger partial charge in [0.2, 0.25) is 0 Å². The van der Waals surface area contributed by atoms with E-state index in [0.717, 1.165) is 10.6 Å². The van der Waals surface area contributed by atoms with Gasteiger partial charge in [-0.15, -0.1) is 11.3 Å². The first kappa shape index (κ1) is 14.0. The van der Waals surface area contributed by atoms with E-state index in [2.05, 4.69) is 4.98 Å². The number of aliphatic hydroxyl groups excluding tert-OH is 1. The van der Waals surface area contributed by atoms with Crippen LogP contribution < -0.4 is 0 Å². The standard InChI is InChI=1S/C13H12F3NOS/c1-6-7(2)19-13(17-6)5-12(18)8-3-10(15)11(16)4-9(8)14/h3-4,12,18H,5H2,1-2H3. The van der Waals surface area contributed by atoms with Crippen molar-refractivity contribution in [2.75, 3.05) is 0 Å². The molecule has 1 N–H and O–H groups in total. The zero-order chi connectivity index (χ0) is 14.2. The maximum atomic E-state index is 13.5. The minimum atomic E-state index is -1.27. The predicted molar refractivity (Wildman–Crippen MR) is 66.6 cm³/mol. The number of benzene rings is 1. The molecule has 102 valence electrons. The predicted octanol–water partition coefficient (Wildman–Crippen LogP) is 3.45. The van der Waals surface area contributed by atoms with Crippen molar-refractivity contribution in [3.05, 3.63) is 50.7 Å². The number of thiazole rings is 1. The maximum Gasteiger partial charge on any atom is 0.161 e. The van der Waals surface area contributed by atoms with Crippen LogP contribution in [0.2, 0.25) is 0 Å². The monoisotopic (exact) mass is 287 g/mol. The molecule has 0 bridgehead atoms. The number of aliphatic hydroxyl groups is 1. The minimum Gasteiger partial charge on any atom is -0.388 e. The van der Waals surface area contributed by atoms with E-state index in [1.807, 2.05) is 13.8 Å². The van der Waals surface area contributed by atoms with Gasteiger partial charge in [0.1, 0.15) is 5.82 Å². The molecule has 0 fully saturated rings. The Morgan fingerprint density at radius 1 is 1.16 bits per heavy atom. The van der Waals surface area contributed by atoms with Crippen LogP contribution in [0, 0.1) is 31.3 Å². The van der Waals surface area contributed by atoms with Crippen molar-refractivity contribution in [2.45, 2.75) is 26.4 Å². The summed E-state index contributed by atoms with van der Waals surface area (Å²) in [4.78, 5) is 5.22. The lowest BCUT2D eigenvalue weighted by Gasteiger charge is -2.10. The molecule has 0 aliphatic carbocycles. The van der Waals surface area contributed by atoms with E-state index >= 15 is 0 Å². The average Bonchev–Trinajstić information content (AvgIpc) is 2.62. The fourth-order valence-electron chi connectivity index (χ4n) is 1.70. The van der Waals surface area contributed by atoms with Crippen molar-refractivity contribution in [1.82, 2.24) is 4.98 Å². The highest BCUT2D eigenvalue weighted by atomic mass is 32.1. The maximum absolute atomic E-state index is 13.5. The summed E-state index contributed by atoms with van der Waals surface area (Å²) in [7, 11) is 0. The fourth-order valence-corrected chi connectivity index (χ4v) is 2.67. The second kappa shape index (κ2) is 5.30. The van der Waals surface area contributed by atoms with E-state index in [1.54, 1.807) is 0 Å². The SMILES string of the molecule is Cc1nc(CC(O)c2cc(F)c(F)cc2F)sc1C. The Labute approximate surface area is 112 Å². The third-order valence-electron chi connectivity index (χ3n) is 2.84. The topological polar surface area (TPSA) is 33.1 Å². The van der Waals surface area contributed by atoms with Crippen molar-refractivity contribution >= 4 is 11.3 Å². The van der Waals surface area contributed by atoms with E-state index in [0.29, 0.717) is 17.1 Å². The van der Waals surface area contributed by atoms with Crippen molar-refractivity contribution in [2.24, 2.45) is 0 Å². The second-order valence-corrected chi connectivity index (χ2v) is 5.54. The largest absolute Gasteiger partial charge is 0.388 e. The third-order valence-corrected chi connectivity index (χ3v) is 3.93. The second-order valence-electron chi connectivity index (χ2n) is 4.26. The molecule has 0 amide bonds. The van der Waals surface area contributed by atoms with Gasteiger partial charge in [-0.25, -0.2) is 18.2 Å². The van der Waals surface area contributed by atoms with Crippen LogP contribution in [-0.4, -0.2) is 10.1 Å². The lowest BCUT2D eigenvalue weighted by molar-refractivity contribution is 0.172. The highest BCUT2D eigenvalue weighted by molar-refractivity contribution is 7.11. The van der Waals surface area contributed by atoms with Gasteiger partial charge in [0.25, 0.3) is 0 Å². The van der Waals surface area contributed by atoms with Crippen LogP contribution in [0.4, 0.5) is 13.2 Å². The number of rotatable bonds is 3. The number of hydrogen-bond acceptors (Lipinski definition) is 3. The normalized spacial score (nSPS) is 12.7. The third kappa shape index (κ3) is 2.96. The van der Waals surface area contributed by atoms with Gasteiger partial charge in [0.05, 0.1) is 16.8 Å². The first-order valence-electron chi connectivity index (χ1n) is 5.64. The Hall–Kier alpha value is -1.40. The van der Waals surface area contributed by atoms with E-state index < -0.39 is 23.6 Å². The van der Waals surface area contributed by atoms with Gasteiger partial charge in [-0.3, -0.25) is 0 Å². The zero-order valence-electron chi connectivity index (χ0n) is 10.4. The van der Waals surface area contributed by atoms with Crippen LogP contribution in [-0.2, 0) is 6.42 Å². The zero-order valence-corrected chi connectivity index (χ0v) is 11.2. The van der Waals surface area contributed by atoms with Crippen LogP contribution in [0.15, 0.2) is 12.1 Å². The molecule has 2 nitrogen and oxygen atoms in total. The quantitative estimate of drug-likeness (QED) is 0.877. The number of aryl methyl sites for hydroxylation is 2. The molecule has 0 radical (unpaired) electrons. The minimum absolute atomic E-state index is 0.0708. The Morgan fingerprint density at radius 3 is 2.37 bits per heavy atom. The van der Waals surface area contributed by atoms with Crippen LogP contribution in [0.3, 0.4) is 0 Å². The van der Waals surface area contributed by atoms with Crippen LogP contribution >= 0.6 is 11.3 Å². The molecule has 1 aromatic heterocycles. The van der Waals surface area contributed by atoms with E-state index in [9.17, 15) is 18.3 Å². The Balaban J connectivity index is 2.24. The Morgan fingerprint density at radius 2 is 1.79 bits per heavy atom. The van der Waals surface area contributed by atoms with Gasteiger partial charge in [-0.05, 0) is 19.9 Å². The Bertz CT molecular complexity index is 593. The molecular weight excluding hydrogens is 275 g/mol. The summed E-state index contributed by atoms with van der Waals surface area (Å²) >= 11 is 1.39. The van der Waals surface area contributed by atoms with Gasteiger partial charge < -0.3 is 5.11 Å². The summed E-state index contributed by atoms with van der Waals surface area (Å²) in [6.45, 7) is 3.72. The molecule has 1 aromatic carbocycles. The molecule has 1 heterocycles. The molecule has 1 atom stereocenters. The smallest absolute Gasteiger partial charge is 0.161 e. The summed E-state index contributed by atoms with van der Waals surface area (Å²) in [6, 6.07) is 1.12. The summed E-state index contributed by atoms with van der Waals surface area (Å²) in [6.07, 6.45) is -1.18. The lowest BCUT2D eigenvalue weighted by atomic mass is 10.1. The summed E-state index contributed by atoms with van der Waals surface area (Å²) in [5.41, 5.74) is 0.586. The number of halogens is 3. The van der Waals surface area contributed by atoms with Gasteiger partial charge in [0, 0.05) is 22.9 Å². The molecular formula is C13H12F3NOS. The van der Waals surface area contributed by atoms with Crippen molar-refractivity contribution in [3.63, 3.8) is 0 Å². The van der Waals surface area contributed by atoms with Gasteiger partial charge in [-0.2, -0.15) is 0 Å². The Kier molecular flexibility index (Phi) is 3.91. The molecule has 2 rings (SSSR count). The number of aromatic nitrogens is 1. The molecule has 0 aliphatic heterocycles. The van der Waals surface area contributed by atoms with Crippen molar-refractivity contribution in [1.29, 1.82) is 0 Å². The fraction of sp³-hybridized carbons (Fsp3) is 0.308. The highest BCUT2D eigenvalue weighted by Crippen LogP contribution is 2.26. The van der Waals surface area contributed by atoms with Crippen molar-refractivity contribution in [3.8, 4) is 0 Å². The first-order chi connectivity index (χ1) is 8.88.